The van der Waals surface area contributed by atoms with E-state index in [1.807, 2.05) is 32.0 Å². The van der Waals surface area contributed by atoms with Crippen molar-refractivity contribution in [2.24, 2.45) is 0 Å². The molecule has 7 heteroatoms. The maximum atomic E-state index is 13.2. The lowest BCUT2D eigenvalue weighted by molar-refractivity contribution is -0.140. The predicted molar refractivity (Wildman–Crippen MR) is 127 cm³/mol. The number of hydrogen-bond donors (Lipinski definition) is 1. The first-order valence-corrected chi connectivity index (χ1v) is 11.0. The van der Waals surface area contributed by atoms with Crippen molar-refractivity contribution in [2.45, 2.75) is 26.4 Å². The molecule has 1 N–H and O–H groups in total. The Morgan fingerprint density at radius 1 is 1.09 bits per heavy atom. The van der Waals surface area contributed by atoms with Gasteiger partial charge in [-0.1, -0.05) is 42.0 Å². The lowest BCUT2D eigenvalue weighted by atomic mass is 9.94. The number of hydrogen-bond acceptors (Lipinski definition) is 6. The van der Waals surface area contributed by atoms with E-state index in [-0.39, 0.29) is 17.9 Å². The van der Waals surface area contributed by atoms with Gasteiger partial charge in [0.25, 0.3) is 11.7 Å². The summed E-state index contributed by atoms with van der Waals surface area (Å²) in [7, 11) is 1.53. The van der Waals surface area contributed by atoms with Gasteiger partial charge in [-0.15, -0.1) is 0 Å². The van der Waals surface area contributed by atoms with Crippen LogP contribution in [0.4, 0.5) is 0 Å². The van der Waals surface area contributed by atoms with Crippen LogP contribution in [0, 0.1) is 6.92 Å². The molecule has 0 radical (unpaired) electrons. The Hall–Kier alpha value is -4.13. The number of likely N-dealkylation sites (tertiary alicyclic amines) is 1. The molecule has 34 heavy (non-hydrogen) atoms. The van der Waals surface area contributed by atoms with Gasteiger partial charge in [-0.2, -0.15) is 0 Å². The summed E-state index contributed by atoms with van der Waals surface area (Å²) in [5, 5.41) is 11.2. The van der Waals surface area contributed by atoms with E-state index in [1.54, 1.807) is 48.8 Å². The van der Waals surface area contributed by atoms with Crippen LogP contribution in [-0.2, 0) is 16.1 Å². The zero-order valence-electron chi connectivity index (χ0n) is 19.3. The first kappa shape index (κ1) is 23.0. The van der Waals surface area contributed by atoms with Gasteiger partial charge >= 0.3 is 0 Å². The minimum absolute atomic E-state index is 0.0314. The second kappa shape index (κ2) is 9.79. The number of ketones is 1. The summed E-state index contributed by atoms with van der Waals surface area (Å²) in [6.45, 7) is 4.42. The molecule has 2 heterocycles. The quantitative estimate of drug-likeness (QED) is 0.320. The standard InChI is InChI=1S/C27H26N2O5/c1-4-34-21-12-11-20(14-22(21)33-3)24-23(25(30)19-9-7-17(2)8-10-19)26(31)27(32)29(24)16-18-6-5-13-28-15-18/h5-15,24,30H,4,16H2,1-3H3/b25-23+/t24-/m0/s1. The van der Waals surface area contributed by atoms with E-state index in [9.17, 15) is 14.7 Å². The molecule has 2 aromatic carbocycles. The van der Waals surface area contributed by atoms with Gasteiger partial charge < -0.3 is 19.5 Å². The first-order valence-electron chi connectivity index (χ1n) is 11.0. The van der Waals surface area contributed by atoms with E-state index in [2.05, 4.69) is 4.98 Å². The van der Waals surface area contributed by atoms with Crippen molar-refractivity contribution in [2.75, 3.05) is 13.7 Å². The summed E-state index contributed by atoms with van der Waals surface area (Å²) in [4.78, 5) is 32.0. The summed E-state index contributed by atoms with van der Waals surface area (Å²) in [5.41, 5.74) is 2.90. The van der Waals surface area contributed by atoms with Crippen molar-refractivity contribution in [1.29, 1.82) is 0 Å². The number of carbonyl (C=O) groups is 2. The van der Waals surface area contributed by atoms with Crippen LogP contribution < -0.4 is 9.47 Å². The average Bonchev–Trinajstić information content (AvgIpc) is 3.10. The largest absolute Gasteiger partial charge is 0.507 e. The number of pyridine rings is 1. The lowest BCUT2D eigenvalue weighted by Gasteiger charge is -2.26. The molecular formula is C27H26N2O5. The number of carbonyl (C=O) groups excluding carboxylic acids is 2. The van der Waals surface area contributed by atoms with Crippen molar-refractivity contribution in [1.82, 2.24) is 9.88 Å². The Bertz CT molecular complexity index is 1240. The molecule has 0 bridgehead atoms. The second-order valence-corrected chi connectivity index (χ2v) is 8.00. The number of rotatable bonds is 7. The van der Waals surface area contributed by atoms with Gasteiger partial charge in [0.05, 0.1) is 25.3 Å². The molecule has 0 saturated carbocycles. The molecule has 1 amide bonds. The van der Waals surface area contributed by atoms with Crippen LogP contribution in [0.25, 0.3) is 5.76 Å². The SMILES string of the molecule is CCOc1ccc([C@H]2/C(=C(\O)c3ccc(C)cc3)C(=O)C(=O)N2Cc2cccnc2)cc1OC. The molecule has 3 aromatic rings. The van der Waals surface area contributed by atoms with Crippen LogP contribution in [-0.4, -0.2) is 40.4 Å². The van der Waals surface area contributed by atoms with E-state index < -0.39 is 17.7 Å². The van der Waals surface area contributed by atoms with E-state index in [0.717, 1.165) is 11.1 Å². The third-order valence-corrected chi connectivity index (χ3v) is 5.74. The molecule has 1 aliphatic heterocycles. The van der Waals surface area contributed by atoms with Crippen molar-refractivity contribution < 1.29 is 24.2 Å². The third kappa shape index (κ3) is 4.37. The van der Waals surface area contributed by atoms with Crippen LogP contribution in [0.3, 0.4) is 0 Å². The van der Waals surface area contributed by atoms with Crippen LogP contribution in [0.1, 0.15) is 35.2 Å². The first-order chi connectivity index (χ1) is 16.4. The van der Waals surface area contributed by atoms with E-state index >= 15 is 0 Å². The maximum Gasteiger partial charge on any atom is 0.295 e. The van der Waals surface area contributed by atoms with Crippen LogP contribution in [0.5, 0.6) is 11.5 Å². The van der Waals surface area contributed by atoms with Gasteiger partial charge in [-0.05, 0) is 43.2 Å². The average molecular weight is 459 g/mol. The number of aryl methyl sites for hydroxylation is 1. The number of ether oxygens (including phenoxy) is 2. The lowest BCUT2D eigenvalue weighted by Crippen LogP contribution is -2.29. The summed E-state index contributed by atoms with van der Waals surface area (Å²) < 4.78 is 11.1. The minimum atomic E-state index is -0.814. The Morgan fingerprint density at radius 3 is 2.50 bits per heavy atom. The smallest absolute Gasteiger partial charge is 0.295 e. The normalized spacial score (nSPS) is 17.1. The van der Waals surface area contributed by atoms with Gasteiger partial charge in [-0.3, -0.25) is 14.6 Å². The highest BCUT2D eigenvalue weighted by Gasteiger charge is 2.46. The van der Waals surface area contributed by atoms with E-state index in [0.29, 0.717) is 29.2 Å². The van der Waals surface area contributed by atoms with E-state index in [1.165, 1.54) is 12.0 Å². The van der Waals surface area contributed by atoms with Gasteiger partial charge in [-0.25, -0.2) is 0 Å². The highest BCUT2D eigenvalue weighted by atomic mass is 16.5. The third-order valence-electron chi connectivity index (χ3n) is 5.74. The maximum absolute atomic E-state index is 13.2. The topological polar surface area (TPSA) is 89.0 Å². The highest BCUT2D eigenvalue weighted by Crippen LogP contribution is 2.42. The molecule has 1 saturated heterocycles. The zero-order chi connectivity index (χ0) is 24.2. The van der Waals surface area contributed by atoms with Crippen molar-refractivity contribution in [3.05, 3.63) is 94.8 Å². The molecule has 7 nitrogen and oxygen atoms in total. The van der Waals surface area contributed by atoms with Crippen molar-refractivity contribution >= 4 is 17.4 Å². The number of Topliss-reactive ketones (excluding diaryl/α,β-unsaturated/α-hetero) is 1. The van der Waals surface area contributed by atoms with E-state index in [4.69, 9.17) is 9.47 Å². The van der Waals surface area contributed by atoms with Crippen molar-refractivity contribution in [3.8, 4) is 11.5 Å². The second-order valence-electron chi connectivity index (χ2n) is 8.00. The number of amides is 1. The molecule has 0 spiro atoms. The molecule has 174 valence electrons. The molecule has 1 fully saturated rings. The number of methoxy groups -OCH3 is 1. The number of nitrogens with zero attached hydrogens (tertiary/aromatic N) is 2. The molecule has 4 rings (SSSR count). The Kier molecular flexibility index (Phi) is 6.63. The van der Waals surface area contributed by atoms with Gasteiger partial charge in [0.1, 0.15) is 5.76 Å². The van der Waals surface area contributed by atoms with Crippen molar-refractivity contribution in [3.63, 3.8) is 0 Å². The Labute approximate surface area is 198 Å². The Morgan fingerprint density at radius 2 is 1.85 bits per heavy atom. The monoisotopic (exact) mass is 458 g/mol. The van der Waals surface area contributed by atoms with Crippen LogP contribution in [0.2, 0.25) is 0 Å². The highest BCUT2D eigenvalue weighted by molar-refractivity contribution is 6.46. The molecule has 0 aliphatic carbocycles. The summed E-state index contributed by atoms with van der Waals surface area (Å²) in [5.74, 6) is -0.613. The summed E-state index contributed by atoms with van der Waals surface area (Å²) in [6, 6.07) is 15.2. The number of aromatic nitrogens is 1. The zero-order valence-corrected chi connectivity index (χ0v) is 19.3. The molecule has 1 aromatic heterocycles. The number of aliphatic hydroxyl groups excluding tert-OH is 1. The molecular weight excluding hydrogens is 432 g/mol. The van der Waals surface area contributed by atoms with Gasteiger partial charge in [0.2, 0.25) is 0 Å². The number of benzene rings is 2. The van der Waals surface area contributed by atoms with Gasteiger partial charge in [0, 0.05) is 24.5 Å². The van der Waals surface area contributed by atoms with Gasteiger partial charge in [0.15, 0.2) is 11.5 Å². The fourth-order valence-electron chi connectivity index (χ4n) is 4.07. The number of aliphatic hydroxyl groups is 1. The molecule has 1 aliphatic rings. The summed E-state index contributed by atoms with van der Waals surface area (Å²) >= 11 is 0. The fraction of sp³-hybridized carbons (Fsp3) is 0.222. The fourth-order valence-corrected chi connectivity index (χ4v) is 4.07. The van der Waals surface area contributed by atoms with Crippen LogP contribution in [0.15, 0.2) is 72.6 Å². The Balaban J connectivity index is 1.88. The minimum Gasteiger partial charge on any atom is -0.507 e. The summed E-state index contributed by atoms with van der Waals surface area (Å²) in [6.07, 6.45) is 3.29. The molecule has 0 unspecified atom stereocenters. The molecule has 1 atom stereocenters. The predicted octanol–water partition coefficient (Wildman–Crippen LogP) is 4.42. The van der Waals surface area contributed by atoms with Crippen LogP contribution >= 0.6 is 0 Å².